The number of carbonyl (C=O) groups excluding carboxylic acids is 1. The van der Waals surface area contributed by atoms with Crippen LogP contribution in [0.15, 0.2) is 46.2 Å². The largest absolute Gasteiger partial charge is 0.461 e. The van der Waals surface area contributed by atoms with E-state index in [0.717, 1.165) is 29.9 Å². The summed E-state index contributed by atoms with van der Waals surface area (Å²) in [5.74, 6) is 3.04. The van der Waals surface area contributed by atoms with Crippen molar-refractivity contribution in [1.29, 1.82) is 0 Å². The number of carbonyl (C=O) groups is 1. The first kappa shape index (κ1) is 21.8. The molecule has 0 spiro atoms. The highest BCUT2D eigenvalue weighted by Gasteiger charge is 2.36. The van der Waals surface area contributed by atoms with Crippen LogP contribution in [0.25, 0.3) is 11.6 Å². The standard InChI is InChI=1S/C23H26N4O5S/c1-2-27-21(18-4-3-9-30-18)25-26-22(27)33-13-20(28)24-14-23(7-10-29-11-8-23)16-5-6-17-19(12-16)32-15-31-17/h3-6,9,12H,2,7-8,10-11,13-15H2,1H3,(H,24,28). The highest BCUT2D eigenvalue weighted by atomic mass is 32.2. The van der Waals surface area contributed by atoms with Crippen LogP contribution in [-0.2, 0) is 21.5 Å². The summed E-state index contributed by atoms with van der Waals surface area (Å²) < 4.78 is 24.0. The molecule has 0 bridgehead atoms. The van der Waals surface area contributed by atoms with Crippen LogP contribution in [0.1, 0.15) is 25.3 Å². The number of rotatable bonds is 8. The van der Waals surface area contributed by atoms with Crippen LogP contribution in [0.2, 0.25) is 0 Å². The van der Waals surface area contributed by atoms with Gasteiger partial charge in [-0.1, -0.05) is 17.8 Å². The molecule has 5 rings (SSSR count). The van der Waals surface area contributed by atoms with Crippen molar-refractivity contribution in [1.82, 2.24) is 20.1 Å². The highest BCUT2D eigenvalue weighted by Crippen LogP contribution is 2.40. The number of hydrogen-bond donors (Lipinski definition) is 1. The molecule has 33 heavy (non-hydrogen) atoms. The number of hydrogen-bond acceptors (Lipinski definition) is 8. The van der Waals surface area contributed by atoms with E-state index >= 15 is 0 Å². The average molecular weight is 471 g/mol. The van der Waals surface area contributed by atoms with E-state index in [1.807, 2.05) is 35.8 Å². The molecule has 1 saturated heterocycles. The summed E-state index contributed by atoms with van der Waals surface area (Å²) in [6.45, 7) is 4.79. The molecule has 0 atom stereocenters. The zero-order valence-electron chi connectivity index (χ0n) is 18.4. The lowest BCUT2D eigenvalue weighted by Crippen LogP contribution is -2.45. The third kappa shape index (κ3) is 4.45. The van der Waals surface area contributed by atoms with Crippen LogP contribution in [0.5, 0.6) is 11.5 Å². The van der Waals surface area contributed by atoms with Crippen molar-refractivity contribution in [3.8, 4) is 23.1 Å². The maximum atomic E-state index is 12.8. The summed E-state index contributed by atoms with van der Waals surface area (Å²) in [4.78, 5) is 12.8. The van der Waals surface area contributed by atoms with E-state index in [-0.39, 0.29) is 23.9 Å². The summed E-state index contributed by atoms with van der Waals surface area (Å²) in [5, 5.41) is 12.3. The maximum absolute atomic E-state index is 12.8. The van der Waals surface area contributed by atoms with E-state index in [4.69, 9.17) is 18.6 Å². The molecule has 4 heterocycles. The third-order valence-electron chi connectivity index (χ3n) is 6.17. The van der Waals surface area contributed by atoms with Crippen LogP contribution in [0.4, 0.5) is 0 Å². The predicted octanol–water partition coefficient (Wildman–Crippen LogP) is 3.24. The summed E-state index contributed by atoms with van der Waals surface area (Å²) >= 11 is 1.37. The fourth-order valence-electron chi connectivity index (χ4n) is 4.27. The van der Waals surface area contributed by atoms with Gasteiger partial charge in [-0.05, 0) is 49.6 Å². The van der Waals surface area contributed by atoms with Crippen molar-refractivity contribution in [3.05, 3.63) is 42.2 Å². The second-order valence-electron chi connectivity index (χ2n) is 8.05. The number of nitrogens with one attached hydrogen (secondary N) is 1. The molecule has 0 unspecified atom stereocenters. The topological polar surface area (TPSA) is 101 Å². The smallest absolute Gasteiger partial charge is 0.231 e. The lowest BCUT2D eigenvalue weighted by atomic mass is 9.74. The van der Waals surface area contributed by atoms with E-state index in [1.54, 1.807) is 6.26 Å². The Morgan fingerprint density at radius 1 is 1.18 bits per heavy atom. The van der Waals surface area contributed by atoms with Gasteiger partial charge in [0.1, 0.15) is 0 Å². The van der Waals surface area contributed by atoms with Gasteiger partial charge in [-0.15, -0.1) is 10.2 Å². The molecule has 1 amide bonds. The molecule has 3 aromatic rings. The zero-order chi connectivity index (χ0) is 22.7. The van der Waals surface area contributed by atoms with Crippen molar-refractivity contribution in [3.63, 3.8) is 0 Å². The van der Waals surface area contributed by atoms with Gasteiger partial charge in [0.2, 0.25) is 12.7 Å². The molecule has 2 aliphatic rings. The predicted molar refractivity (Wildman–Crippen MR) is 121 cm³/mol. The van der Waals surface area contributed by atoms with Gasteiger partial charge in [-0.3, -0.25) is 9.36 Å². The van der Waals surface area contributed by atoms with E-state index in [1.165, 1.54) is 11.8 Å². The van der Waals surface area contributed by atoms with Gasteiger partial charge in [-0.2, -0.15) is 0 Å². The maximum Gasteiger partial charge on any atom is 0.231 e. The second-order valence-corrected chi connectivity index (χ2v) is 9.00. The molecule has 9 nitrogen and oxygen atoms in total. The van der Waals surface area contributed by atoms with Gasteiger partial charge < -0.3 is 23.9 Å². The number of furan rings is 1. The number of aromatic nitrogens is 3. The Bertz CT molecular complexity index is 1110. The fraction of sp³-hybridized carbons (Fsp3) is 0.435. The number of fused-ring (bicyclic) bond motifs is 1. The second kappa shape index (κ2) is 9.48. The molecular weight excluding hydrogens is 444 g/mol. The highest BCUT2D eigenvalue weighted by molar-refractivity contribution is 7.99. The molecular formula is C23H26N4O5S. The Hall–Kier alpha value is -2.98. The Kier molecular flexibility index (Phi) is 6.28. The molecule has 1 N–H and O–H groups in total. The lowest BCUT2D eigenvalue weighted by Gasteiger charge is -2.38. The van der Waals surface area contributed by atoms with Crippen LogP contribution in [-0.4, -0.2) is 53.0 Å². The van der Waals surface area contributed by atoms with Gasteiger partial charge in [0.05, 0.1) is 12.0 Å². The number of amides is 1. The monoisotopic (exact) mass is 470 g/mol. The molecule has 0 aliphatic carbocycles. The first-order valence-electron chi connectivity index (χ1n) is 11.0. The first-order valence-corrected chi connectivity index (χ1v) is 12.0. The average Bonchev–Trinajstić information content (AvgIpc) is 3.61. The van der Waals surface area contributed by atoms with Crippen molar-refractivity contribution in [2.75, 3.05) is 32.3 Å². The summed E-state index contributed by atoms with van der Waals surface area (Å²) in [7, 11) is 0. The molecule has 1 aromatic carbocycles. The van der Waals surface area contributed by atoms with Gasteiger partial charge in [0, 0.05) is 31.7 Å². The molecule has 174 valence electrons. The Balaban J connectivity index is 1.24. The number of nitrogens with zero attached hydrogens (tertiary/aromatic N) is 3. The fourth-order valence-corrected chi connectivity index (χ4v) is 5.11. The van der Waals surface area contributed by atoms with Crippen LogP contribution in [0.3, 0.4) is 0 Å². The van der Waals surface area contributed by atoms with Gasteiger partial charge in [0.25, 0.3) is 0 Å². The molecule has 0 radical (unpaired) electrons. The molecule has 10 heteroatoms. The van der Waals surface area contributed by atoms with Crippen molar-refractivity contribution >= 4 is 17.7 Å². The first-order chi connectivity index (χ1) is 16.2. The lowest BCUT2D eigenvalue weighted by molar-refractivity contribution is -0.119. The Labute approximate surface area is 195 Å². The minimum absolute atomic E-state index is 0.0446. The summed E-state index contributed by atoms with van der Waals surface area (Å²) in [6, 6.07) is 9.71. The van der Waals surface area contributed by atoms with Gasteiger partial charge >= 0.3 is 0 Å². The quantitative estimate of drug-likeness (QED) is 0.501. The van der Waals surface area contributed by atoms with Gasteiger partial charge in [0.15, 0.2) is 28.2 Å². The third-order valence-corrected chi connectivity index (χ3v) is 7.13. The van der Waals surface area contributed by atoms with Crippen molar-refractivity contribution in [2.24, 2.45) is 0 Å². The summed E-state index contributed by atoms with van der Waals surface area (Å²) in [5.41, 5.74) is 0.937. The zero-order valence-corrected chi connectivity index (χ0v) is 19.2. The molecule has 2 aliphatic heterocycles. The van der Waals surface area contributed by atoms with E-state index < -0.39 is 0 Å². The number of thioether (sulfide) groups is 1. The summed E-state index contributed by atoms with van der Waals surface area (Å²) in [6.07, 6.45) is 3.27. The van der Waals surface area contributed by atoms with Crippen LogP contribution < -0.4 is 14.8 Å². The van der Waals surface area contributed by atoms with Crippen molar-refractivity contribution < 1.29 is 23.4 Å². The van der Waals surface area contributed by atoms with Crippen molar-refractivity contribution in [2.45, 2.75) is 36.9 Å². The molecule has 0 saturated carbocycles. The minimum atomic E-state index is -0.199. The number of ether oxygens (including phenoxy) is 3. The molecule has 1 fully saturated rings. The SMILES string of the molecule is CCn1c(SCC(=O)NCC2(c3ccc4c(c3)OCO4)CCOCC2)nnc1-c1ccco1. The number of benzene rings is 1. The normalized spacial score (nSPS) is 16.6. The van der Waals surface area contributed by atoms with E-state index in [9.17, 15) is 4.79 Å². The Morgan fingerprint density at radius 2 is 2.03 bits per heavy atom. The van der Waals surface area contributed by atoms with Gasteiger partial charge in [-0.25, -0.2) is 0 Å². The van der Waals surface area contributed by atoms with Crippen LogP contribution in [0, 0.1) is 0 Å². The van der Waals surface area contributed by atoms with E-state index in [0.29, 0.717) is 43.0 Å². The minimum Gasteiger partial charge on any atom is -0.461 e. The molecule has 2 aromatic heterocycles. The Morgan fingerprint density at radius 3 is 2.82 bits per heavy atom. The van der Waals surface area contributed by atoms with Crippen LogP contribution >= 0.6 is 11.8 Å². The van der Waals surface area contributed by atoms with E-state index in [2.05, 4.69) is 21.6 Å².